The van der Waals surface area contributed by atoms with Crippen molar-refractivity contribution in [2.24, 2.45) is 0 Å². The lowest BCUT2D eigenvalue weighted by Crippen LogP contribution is -2.43. The molecule has 0 bridgehead atoms. The SMILES string of the molecule is COC(=O)CC[C@H](NC(=O)C[C@@H](O)CNC(=O)OCc1ccccc1)C(=O)O. The van der Waals surface area contributed by atoms with Crippen LogP contribution < -0.4 is 10.6 Å². The fourth-order valence-corrected chi connectivity index (χ4v) is 2.14. The topological polar surface area (TPSA) is 151 Å². The van der Waals surface area contributed by atoms with Crippen molar-refractivity contribution in [1.82, 2.24) is 10.6 Å². The summed E-state index contributed by atoms with van der Waals surface area (Å²) in [5.74, 6) is -2.64. The van der Waals surface area contributed by atoms with Gasteiger partial charge in [0.05, 0.1) is 19.6 Å². The van der Waals surface area contributed by atoms with Crippen LogP contribution in [0.15, 0.2) is 30.3 Å². The number of hydrogen-bond donors (Lipinski definition) is 4. The first kappa shape index (κ1) is 22.9. The lowest BCUT2D eigenvalue weighted by Gasteiger charge is -2.16. The normalized spacial score (nSPS) is 12.4. The van der Waals surface area contributed by atoms with Crippen molar-refractivity contribution in [1.29, 1.82) is 0 Å². The maximum absolute atomic E-state index is 11.8. The summed E-state index contributed by atoms with van der Waals surface area (Å²) in [6.45, 7) is -0.190. The number of alkyl carbamates (subject to hydrolysis) is 1. The molecule has 0 aliphatic rings. The van der Waals surface area contributed by atoms with Crippen LogP contribution in [-0.4, -0.2) is 60.0 Å². The molecule has 28 heavy (non-hydrogen) atoms. The smallest absolute Gasteiger partial charge is 0.407 e. The molecule has 0 fully saturated rings. The van der Waals surface area contributed by atoms with Crippen LogP contribution in [0, 0.1) is 0 Å². The number of carboxylic acid groups (broad SMARTS) is 1. The van der Waals surface area contributed by atoms with Gasteiger partial charge < -0.3 is 30.3 Å². The molecular weight excluding hydrogens is 372 g/mol. The number of benzene rings is 1. The molecule has 1 aromatic carbocycles. The average molecular weight is 396 g/mol. The van der Waals surface area contributed by atoms with Crippen LogP contribution in [0.25, 0.3) is 0 Å². The minimum absolute atomic E-state index is 0.0593. The Balaban J connectivity index is 2.31. The number of rotatable bonds is 11. The predicted octanol–water partition coefficient (Wildman–Crippen LogP) is 0.186. The molecule has 154 valence electrons. The largest absolute Gasteiger partial charge is 0.480 e. The Kier molecular flexibility index (Phi) is 10.0. The molecular formula is C18H24N2O8. The van der Waals surface area contributed by atoms with Gasteiger partial charge in [0.15, 0.2) is 0 Å². The van der Waals surface area contributed by atoms with Gasteiger partial charge in [-0.2, -0.15) is 0 Å². The fourth-order valence-electron chi connectivity index (χ4n) is 2.14. The lowest BCUT2D eigenvalue weighted by molar-refractivity contribution is -0.144. The van der Waals surface area contributed by atoms with E-state index in [9.17, 15) is 24.3 Å². The van der Waals surface area contributed by atoms with Crippen LogP contribution in [0.3, 0.4) is 0 Å². The first-order valence-electron chi connectivity index (χ1n) is 8.53. The number of aliphatic carboxylic acids is 1. The van der Waals surface area contributed by atoms with Crippen LogP contribution in [0.5, 0.6) is 0 Å². The average Bonchev–Trinajstić information content (AvgIpc) is 2.68. The van der Waals surface area contributed by atoms with Gasteiger partial charge in [0, 0.05) is 13.0 Å². The second-order valence-electron chi connectivity index (χ2n) is 5.87. The number of methoxy groups -OCH3 is 1. The summed E-state index contributed by atoms with van der Waals surface area (Å²) >= 11 is 0. The summed E-state index contributed by atoms with van der Waals surface area (Å²) in [6.07, 6.45) is -2.75. The summed E-state index contributed by atoms with van der Waals surface area (Å²) in [7, 11) is 1.17. The van der Waals surface area contributed by atoms with E-state index in [0.29, 0.717) is 0 Å². The molecule has 2 amide bonds. The van der Waals surface area contributed by atoms with Crippen LogP contribution in [0.1, 0.15) is 24.8 Å². The number of carbonyl (C=O) groups excluding carboxylic acids is 3. The Morgan fingerprint density at radius 3 is 2.43 bits per heavy atom. The molecule has 1 aromatic rings. The molecule has 0 unspecified atom stereocenters. The van der Waals surface area contributed by atoms with E-state index in [0.717, 1.165) is 5.56 Å². The Hall–Kier alpha value is -3.14. The number of hydrogen-bond acceptors (Lipinski definition) is 7. The molecule has 2 atom stereocenters. The van der Waals surface area contributed by atoms with Crippen molar-refractivity contribution in [3.8, 4) is 0 Å². The summed E-state index contributed by atoms with van der Waals surface area (Å²) < 4.78 is 9.38. The van der Waals surface area contributed by atoms with Crippen molar-refractivity contribution in [2.75, 3.05) is 13.7 Å². The molecule has 0 saturated carbocycles. The Morgan fingerprint density at radius 2 is 1.82 bits per heavy atom. The number of amides is 2. The second kappa shape index (κ2) is 12.3. The van der Waals surface area contributed by atoms with E-state index in [1.54, 1.807) is 24.3 Å². The number of aliphatic hydroxyl groups excluding tert-OH is 1. The number of esters is 1. The molecule has 4 N–H and O–H groups in total. The monoisotopic (exact) mass is 396 g/mol. The number of ether oxygens (including phenoxy) is 2. The lowest BCUT2D eigenvalue weighted by atomic mass is 10.1. The van der Waals surface area contributed by atoms with E-state index in [4.69, 9.17) is 9.84 Å². The highest BCUT2D eigenvalue weighted by Gasteiger charge is 2.22. The summed E-state index contributed by atoms with van der Waals surface area (Å²) in [5.41, 5.74) is 0.796. The second-order valence-corrected chi connectivity index (χ2v) is 5.87. The van der Waals surface area contributed by atoms with Gasteiger partial charge in [0.25, 0.3) is 0 Å². The van der Waals surface area contributed by atoms with E-state index < -0.39 is 42.5 Å². The van der Waals surface area contributed by atoms with Crippen molar-refractivity contribution in [2.45, 2.75) is 38.0 Å². The summed E-state index contributed by atoms with van der Waals surface area (Å²) in [6, 6.07) is 7.71. The molecule has 0 aromatic heterocycles. The van der Waals surface area contributed by atoms with Crippen molar-refractivity contribution < 1.29 is 38.9 Å². The van der Waals surface area contributed by atoms with Gasteiger partial charge in [-0.25, -0.2) is 9.59 Å². The molecule has 0 aliphatic carbocycles. The zero-order valence-corrected chi connectivity index (χ0v) is 15.4. The predicted molar refractivity (Wildman–Crippen MR) is 96.1 cm³/mol. The number of carbonyl (C=O) groups is 4. The molecule has 0 heterocycles. The van der Waals surface area contributed by atoms with Crippen LogP contribution in [0.4, 0.5) is 4.79 Å². The fraction of sp³-hybridized carbons (Fsp3) is 0.444. The first-order chi connectivity index (χ1) is 13.3. The summed E-state index contributed by atoms with van der Waals surface area (Å²) in [4.78, 5) is 45.6. The van der Waals surface area contributed by atoms with Crippen LogP contribution >= 0.6 is 0 Å². The van der Waals surface area contributed by atoms with E-state index >= 15 is 0 Å². The number of carboxylic acids is 1. The van der Waals surface area contributed by atoms with Gasteiger partial charge in [-0.3, -0.25) is 9.59 Å². The van der Waals surface area contributed by atoms with Crippen LogP contribution in [0.2, 0.25) is 0 Å². The minimum Gasteiger partial charge on any atom is -0.480 e. The van der Waals surface area contributed by atoms with E-state index in [2.05, 4.69) is 15.4 Å². The van der Waals surface area contributed by atoms with Gasteiger partial charge in [-0.1, -0.05) is 30.3 Å². The van der Waals surface area contributed by atoms with E-state index in [1.165, 1.54) is 7.11 Å². The quantitative estimate of drug-likeness (QED) is 0.387. The third kappa shape index (κ3) is 9.53. The van der Waals surface area contributed by atoms with E-state index in [-0.39, 0.29) is 26.0 Å². The third-order valence-electron chi connectivity index (χ3n) is 3.61. The van der Waals surface area contributed by atoms with Gasteiger partial charge in [-0.15, -0.1) is 0 Å². The molecule has 0 aliphatic heterocycles. The van der Waals surface area contributed by atoms with Crippen molar-refractivity contribution >= 4 is 23.9 Å². The minimum atomic E-state index is -1.31. The highest BCUT2D eigenvalue weighted by atomic mass is 16.5. The molecule has 1 rings (SSSR count). The Bertz CT molecular complexity index is 665. The van der Waals surface area contributed by atoms with Crippen LogP contribution in [-0.2, 0) is 30.5 Å². The highest BCUT2D eigenvalue weighted by molar-refractivity contribution is 5.84. The number of nitrogens with one attached hydrogen (secondary N) is 2. The molecule has 10 heteroatoms. The first-order valence-corrected chi connectivity index (χ1v) is 8.53. The maximum Gasteiger partial charge on any atom is 0.407 e. The molecule has 0 saturated heterocycles. The maximum atomic E-state index is 11.8. The number of aliphatic hydroxyl groups is 1. The zero-order valence-electron chi connectivity index (χ0n) is 15.4. The van der Waals surface area contributed by atoms with Crippen molar-refractivity contribution in [3.63, 3.8) is 0 Å². The Morgan fingerprint density at radius 1 is 1.14 bits per heavy atom. The molecule has 0 radical (unpaired) electrons. The van der Waals surface area contributed by atoms with Gasteiger partial charge in [0.2, 0.25) is 5.91 Å². The van der Waals surface area contributed by atoms with Gasteiger partial charge in [0.1, 0.15) is 12.6 Å². The molecule has 0 spiro atoms. The Labute approximate surface area is 161 Å². The van der Waals surface area contributed by atoms with Crippen molar-refractivity contribution in [3.05, 3.63) is 35.9 Å². The van der Waals surface area contributed by atoms with Gasteiger partial charge >= 0.3 is 18.0 Å². The van der Waals surface area contributed by atoms with Gasteiger partial charge in [-0.05, 0) is 12.0 Å². The van der Waals surface area contributed by atoms with E-state index in [1.807, 2.05) is 6.07 Å². The zero-order chi connectivity index (χ0) is 20.9. The summed E-state index contributed by atoms with van der Waals surface area (Å²) in [5, 5.41) is 23.4. The highest BCUT2D eigenvalue weighted by Crippen LogP contribution is 2.02. The third-order valence-corrected chi connectivity index (χ3v) is 3.61. The molecule has 10 nitrogen and oxygen atoms in total. The standard InChI is InChI=1S/C18H24N2O8/c1-27-16(23)8-7-14(17(24)25)20-15(22)9-13(21)10-19-18(26)28-11-12-5-3-2-4-6-12/h2-6,13-14,21H,7-11H2,1H3,(H,19,26)(H,20,22)(H,24,25)/t13-,14+/m1/s1.